The highest BCUT2D eigenvalue weighted by Crippen LogP contribution is 2.34. The van der Waals surface area contributed by atoms with Gasteiger partial charge in [-0.15, -0.1) is 0 Å². The van der Waals surface area contributed by atoms with Gasteiger partial charge in [0.2, 0.25) is 0 Å². The van der Waals surface area contributed by atoms with Crippen LogP contribution in [0.4, 0.5) is 5.69 Å². The lowest BCUT2D eigenvalue weighted by Gasteiger charge is -2.43. The molecular weight excluding hydrogens is 446 g/mol. The molecule has 6 heteroatoms. The van der Waals surface area contributed by atoms with Gasteiger partial charge in [-0.2, -0.15) is 0 Å². The van der Waals surface area contributed by atoms with Crippen LogP contribution in [-0.2, 0) is 9.47 Å². The standard InChI is InChI=1S/C26H38ClN3O2.C2H6/c1-9-20(10-2)19(3)25(32-18-31-8)24(28-7)21-15-22(27)17-23(16-21)29-11-13-30(14-12-29)26(4,5)6;1-2/h9,15-17H,3,7,10-14,18H2,1-2,4-6,8H3;1-2H3/b20-9+,25-24+;. The molecule has 0 aromatic heterocycles. The fourth-order valence-electron chi connectivity index (χ4n) is 3.98. The summed E-state index contributed by atoms with van der Waals surface area (Å²) in [6.07, 6.45) is 2.87. The molecule has 190 valence electrons. The Hall–Kier alpha value is -2.08. The van der Waals surface area contributed by atoms with Crippen LogP contribution in [0, 0.1) is 0 Å². The van der Waals surface area contributed by atoms with Crippen LogP contribution in [0.3, 0.4) is 0 Å². The van der Waals surface area contributed by atoms with Crippen LogP contribution in [0.1, 0.15) is 60.5 Å². The monoisotopic (exact) mass is 489 g/mol. The molecule has 1 aliphatic rings. The van der Waals surface area contributed by atoms with Crippen molar-refractivity contribution in [1.29, 1.82) is 0 Å². The number of rotatable bonds is 9. The maximum Gasteiger partial charge on any atom is 0.188 e. The quantitative estimate of drug-likeness (QED) is 0.159. The van der Waals surface area contributed by atoms with E-state index in [1.807, 2.05) is 39.0 Å². The number of aliphatic imine (C=N–C) groups is 1. The van der Waals surface area contributed by atoms with Crippen LogP contribution in [-0.4, -0.2) is 57.2 Å². The Balaban J connectivity index is 0.00000281. The van der Waals surface area contributed by atoms with Gasteiger partial charge < -0.3 is 14.4 Å². The number of methoxy groups -OCH3 is 1. The average Bonchev–Trinajstić information content (AvgIpc) is 2.82. The third-order valence-corrected chi connectivity index (χ3v) is 6.05. The Morgan fingerprint density at radius 2 is 1.76 bits per heavy atom. The molecule has 0 radical (unpaired) electrons. The highest BCUT2D eigenvalue weighted by atomic mass is 35.5. The summed E-state index contributed by atoms with van der Waals surface area (Å²) in [6, 6.07) is 6.00. The molecule has 5 nitrogen and oxygen atoms in total. The highest BCUT2D eigenvalue weighted by molar-refractivity contribution is 6.31. The summed E-state index contributed by atoms with van der Waals surface area (Å²) in [6.45, 7) is 26.9. The van der Waals surface area contributed by atoms with Gasteiger partial charge in [0.05, 0.1) is 0 Å². The Bertz CT molecular complexity index is 876. The molecule has 1 aliphatic heterocycles. The number of hydrogen-bond donors (Lipinski definition) is 0. The van der Waals surface area contributed by atoms with Crippen molar-refractivity contribution < 1.29 is 9.47 Å². The van der Waals surface area contributed by atoms with Gasteiger partial charge in [0, 0.05) is 60.7 Å². The van der Waals surface area contributed by atoms with Crippen molar-refractivity contribution in [3.05, 3.63) is 58.3 Å². The second-order valence-corrected chi connectivity index (χ2v) is 9.31. The molecular formula is C28H44ClN3O2. The summed E-state index contributed by atoms with van der Waals surface area (Å²) in [4.78, 5) is 9.21. The zero-order chi connectivity index (χ0) is 25.9. The molecule has 0 N–H and O–H groups in total. The maximum atomic E-state index is 6.56. The zero-order valence-electron chi connectivity index (χ0n) is 22.5. The molecule has 0 saturated carbocycles. The van der Waals surface area contributed by atoms with Gasteiger partial charge in [-0.1, -0.05) is 45.0 Å². The first-order valence-corrected chi connectivity index (χ1v) is 12.5. The van der Waals surface area contributed by atoms with Crippen molar-refractivity contribution >= 4 is 29.7 Å². The van der Waals surface area contributed by atoms with Gasteiger partial charge in [0.1, 0.15) is 5.70 Å². The predicted octanol–water partition coefficient (Wildman–Crippen LogP) is 7.19. The smallest absolute Gasteiger partial charge is 0.188 e. The molecule has 0 amide bonds. The lowest BCUT2D eigenvalue weighted by molar-refractivity contribution is 0.00942. The first kappa shape index (κ1) is 30.0. The van der Waals surface area contributed by atoms with Crippen LogP contribution < -0.4 is 4.90 Å². The molecule has 34 heavy (non-hydrogen) atoms. The van der Waals surface area contributed by atoms with Crippen molar-refractivity contribution in [3.63, 3.8) is 0 Å². The van der Waals surface area contributed by atoms with Crippen molar-refractivity contribution in [3.8, 4) is 0 Å². The molecule has 1 saturated heterocycles. The van der Waals surface area contributed by atoms with E-state index in [2.05, 4.69) is 61.8 Å². The molecule has 0 aliphatic carbocycles. The summed E-state index contributed by atoms with van der Waals surface area (Å²) in [7, 11) is 1.59. The molecule has 0 unspecified atom stereocenters. The van der Waals surface area contributed by atoms with Crippen molar-refractivity contribution in [2.75, 3.05) is 45.0 Å². The first-order chi connectivity index (χ1) is 16.2. The SMILES string of the molecule is C=N/C(=C(/OCOC)C(=C)/C(=C/C)CC)c1cc(Cl)cc(N2CCN(C(C)(C)C)CC2)c1.CC. The average molecular weight is 490 g/mol. The van der Waals surface area contributed by atoms with Crippen LogP contribution in [0.25, 0.3) is 5.70 Å². The second-order valence-electron chi connectivity index (χ2n) is 8.88. The normalized spacial score (nSPS) is 15.8. The number of piperazine rings is 1. The third kappa shape index (κ3) is 8.00. The third-order valence-electron chi connectivity index (χ3n) is 5.83. The van der Waals surface area contributed by atoms with Crippen LogP contribution >= 0.6 is 11.6 Å². The topological polar surface area (TPSA) is 37.3 Å². The van der Waals surface area contributed by atoms with E-state index < -0.39 is 0 Å². The zero-order valence-corrected chi connectivity index (χ0v) is 23.3. The van der Waals surface area contributed by atoms with Gasteiger partial charge in [-0.25, -0.2) is 0 Å². The van der Waals surface area contributed by atoms with E-state index in [-0.39, 0.29) is 12.3 Å². The largest absolute Gasteiger partial charge is 0.465 e. The van der Waals surface area contributed by atoms with Crippen LogP contribution in [0.5, 0.6) is 0 Å². The number of anilines is 1. The van der Waals surface area contributed by atoms with Gasteiger partial charge in [0.25, 0.3) is 0 Å². The minimum Gasteiger partial charge on any atom is -0.465 e. The lowest BCUT2D eigenvalue weighted by Crippen LogP contribution is -2.53. The van der Waals surface area contributed by atoms with E-state index in [0.29, 0.717) is 16.5 Å². The fraction of sp³-hybridized carbons (Fsp3) is 0.536. The van der Waals surface area contributed by atoms with E-state index in [9.17, 15) is 0 Å². The summed E-state index contributed by atoms with van der Waals surface area (Å²) in [5, 5.41) is 0.648. The van der Waals surface area contributed by atoms with Crippen molar-refractivity contribution in [1.82, 2.24) is 4.90 Å². The molecule has 1 aromatic carbocycles. The van der Waals surface area contributed by atoms with E-state index in [1.165, 1.54) is 0 Å². The van der Waals surface area contributed by atoms with Crippen molar-refractivity contribution in [2.45, 2.75) is 60.4 Å². The summed E-state index contributed by atoms with van der Waals surface area (Å²) in [5.41, 5.74) is 4.55. The van der Waals surface area contributed by atoms with Crippen LogP contribution in [0.2, 0.25) is 5.02 Å². The fourth-order valence-corrected chi connectivity index (χ4v) is 4.21. The number of ether oxygens (including phenoxy) is 2. The number of allylic oxidation sites excluding steroid dienone is 2. The molecule has 2 rings (SSSR count). The van der Waals surface area contributed by atoms with Gasteiger partial charge in [-0.05, 0) is 64.6 Å². The maximum absolute atomic E-state index is 6.56. The van der Waals surface area contributed by atoms with E-state index in [1.54, 1.807) is 7.11 Å². The van der Waals surface area contributed by atoms with E-state index in [4.69, 9.17) is 21.1 Å². The minimum absolute atomic E-state index is 0.0935. The predicted molar refractivity (Wildman–Crippen MR) is 149 cm³/mol. The first-order valence-electron chi connectivity index (χ1n) is 12.1. The van der Waals surface area contributed by atoms with Crippen LogP contribution in [0.15, 0.2) is 52.8 Å². The number of nitrogens with zero attached hydrogens (tertiary/aromatic N) is 3. The Kier molecular flexibility index (Phi) is 12.6. The number of hydrogen-bond acceptors (Lipinski definition) is 5. The molecule has 1 aromatic rings. The Morgan fingerprint density at radius 1 is 1.15 bits per heavy atom. The van der Waals surface area contributed by atoms with Gasteiger partial charge in [-0.3, -0.25) is 9.89 Å². The molecule has 0 bridgehead atoms. The van der Waals surface area contributed by atoms with Gasteiger partial charge in [0.15, 0.2) is 12.6 Å². The van der Waals surface area contributed by atoms with Crippen molar-refractivity contribution in [2.24, 2.45) is 4.99 Å². The summed E-state index contributed by atoms with van der Waals surface area (Å²) >= 11 is 6.56. The number of halogens is 1. The molecule has 1 fully saturated rings. The number of benzene rings is 1. The van der Waals surface area contributed by atoms with E-state index in [0.717, 1.165) is 55.0 Å². The second kappa shape index (κ2) is 14.3. The minimum atomic E-state index is 0.0935. The summed E-state index contributed by atoms with van der Waals surface area (Å²) < 4.78 is 11.1. The Morgan fingerprint density at radius 3 is 2.24 bits per heavy atom. The molecule has 1 heterocycles. The van der Waals surface area contributed by atoms with E-state index >= 15 is 0 Å². The lowest BCUT2D eigenvalue weighted by atomic mass is 9.99. The summed E-state index contributed by atoms with van der Waals surface area (Å²) in [5.74, 6) is 0.558. The van der Waals surface area contributed by atoms with Gasteiger partial charge >= 0.3 is 0 Å². The molecule has 0 spiro atoms. The molecule has 0 atom stereocenters. The Labute approximate surface area is 212 Å². The highest BCUT2D eigenvalue weighted by Gasteiger charge is 2.26.